The van der Waals surface area contributed by atoms with Crippen LogP contribution in [0.25, 0.3) is 0 Å². The molecular weight excluding hydrogens is 472 g/mol. The molecule has 0 fully saturated rings. The highest BCUT2D eigenvalue weighted by atomic mass is 35.5. The molecule has 0 radical (unpaired) electrons. The average molecular weight is 497 g/mol. The first-order valence-corrected chi connectivity index (χ1v) is 12.3. The maximum absolute atomic E-state index is 12.4. The van der Waals surface area contributed by atoms with Gasteiger partial charge in [0.2, 0.25) is 10.0 Å². The third kappa shape index (κ3) is 7.92. The molecule has 3 rings (SSSR count). The van der Waals surface area contributed by atoms with Gasteiger partial charge in [-0.2, -0.15) is 0 Å². The molecule has 0 aromatic heterocycles. The zero-order chi connectivity index (χ0) is 23.7. The fourth-order valence-corrected chi connectivity index (χ4v) is 4.22. The number of carbonyl (C=O) groups is 2. The predicted molar refractivity (Wildman–Crippen MR) is 122 cm³/mol. The van der Waals surface area contributed by atoms with Gasteiger partial charge in [-0.25, -0.2) is 13.1 Å². The Hall–Kier alpha value is -2.82. The second-order valence-electron chi connectivity index (χ2n) is 7.23. The zero-order valence-corrected chi connectivity index (χ0v) is 19.4. The van der Waals surface area contributed by atoms with Gasteiger partial charge in [-0.05, 0) is 49.2 Å². The lowest BCUT2D eigenvalue weighted by Gasteiger charge is -2.18. The predicted octanol–water partition coefficient (Wildman–Crippen LogP) is 3.13. The van der Waals surface area contributed by atoms with Gasteiger partial charge in [0.25, 0.3) is 5.91 Å². The van der Waals surface area contributed by atoms with Crippen molar-refractivity contribution in [2.45, 2.75) is 30.6 Å². The van der Waals surface area contributed by atoms with E-state index in [1.54, 1.807) is 30.3 Å². The fourth-order valence-electron chi connectivity index (χ4n) is 3.00. The minimum absolute atomic E-state index is 0.104. The zero-order valence-electron chi connectivity index (χ0n) is 17.8. The third-order valence-corrected chi connectivity index (χ3v) is 6.38. The summed E-state index contributed by atoms with van der Waals surface area (Å²) in [7, 11) is -3.67. The maximum Gasteiger partial charge on any atom is 0.306 e. The fraction of sp³-hybridized carbons (Fsp3) is 0.364. The minimum atomic E-state index is -3.67. The van der Waals surface area contributed by atoms with Crippen LogP contribution in [-0.4, -0.2) is 46.7 Å². The highest BCUT2D eigenvalue weighted by Crippen LogP contribution is 2.32. The van der Waals surface area contributed by atoms with Gasteiger partial charge >= 0.3 is 5.97 Å². The summed E-state index contributed by atoms with van der Waals surface area (Å²) in [5, 5.41) is 3.15. The maximum atomic E-state index is 12.4. The number of nitrogens with one attached hydrogen (secondary N) is 2. The van der Waals surface area contributed by atoms with Crippen LogP contribution in [0.4, 0.5) is 5.69 Å². The van der Waals surface area contributed by atoms with Crippen LogP contribution in [0.15, 0.2) is 47.4 Å². The number of amides is 1. The van der Waals surface area contributed by atoms with E-state index in [4.69, 9.17) is 25.8 Å². The summed E-state index contributed by atoms with van der Waals surface area (Å²) >= 11 is 5.78. The third-order valence-electron chi connectivity index (χ3n) is 4.67. The quantitative estimate of drug-likeness (QED) is 0.362. The number of ether oxygens (including phenoxy) is 3. The second-order valence-corrected chi connectivity index (χ2v) is 9.43. The molecule has 1 heterocycles. The number of carbonyl (C=O) groups excluding carboxylic acids is 2. The smallest absolute Gasteiger partial charge is 0.306 e. The molecule has 1 aliphatic heterocycles. The molecule has 0 aliphatic carbocycles. The van der Waals surface area contributed by atoms with Crippen molar-refractivity contribution >= 4 is 39.2 Å². The van der Waals surface area contributed by atoms with Crippen LogP contribution < -0.4 is 19.5 Å². The lowest BCUT2D eigenvalue weighted by molar-refractivity contribution is -0.147. The van der Waals surface area contributed by atoms with E-state index in [9.17, 15) is 18.0 Å². The molecule has 0 atom stereocenters. The summed E-state index contributed by atoms with van der Waals surface area (Å²) in [5.74, 6) is -0.00337. The van der Waals surface area contributed by atoms with Gasteiger partial charge in [-0.15, -0.1) is 0 Å². The SMILES string of the molecule is O=C(COC(=O)CCCCCNS(=O)(=O)c1ccc2c(c1)OCCO2)Nc1ccc(Cl)cc1. The molecule has 0 saturated carbocycles. The molecular formula is C22H25ClN2O7S. The second kappa shape index (κ2) is 11.9. The number of hydrogen-bond acceptors (Lipinski definition) is 7. The van der Waals surface area contributed by atoms with Gasteiger partial charge in [0, 0.05) is 29.7 Å². The van der Waals surface area contributed by atoms with Crippen LogP contribution in [-0.2, 0) is 24.3 Å². The van der Waals surface area contributed by atoms with Gasteiger partial charge < -0.3 is 19.5 Å². The number of rotatable bonds is 11. The van der Waals surface area contributed by atoms with Crippen molar-refractivity contribution in [2.75, 3.05) is 31.7 Å². The molecule has 9 nitrogen and oxygen atoms in total. The molecule has 0 saturated heterocycles. The summed E-state index contributed by atoms with van der Waals surface area (Å²) in [4.78, 5) is 23.7. The number of esters is 1. The molecule has 2 N–H and O–H groups in total. The summed E-state index contributed by atoms with van der Waals surface area (Å²) in [6.45, 7) is 0.660. The van der Waals surface area contributed by atoms with E-state index < -0.39 is 21.9 Å². The molecule has 1 amide bonds. The van der Waals surface area contributed by atoms with E-state index in [-0.39, 0.29) is 24.5 Å². The number of sulfonamides is 1. The van der Waals surface area contributed by atoms with Crippen LogP contribution in [0, 0.1) is 0 Å². The monoisotopic (exact) mass is 496 g/mol. The van der Waals surface area contributed by atoms with Crippen molar-refractivity contribution in [3.05, 3.63) is 47.5 Å². The Morgan fingerprint density at radius 3 is 2.45 bits per heavy atom. The normalized spacial score (nSPS) is 12.8. The van der Waals surface area contributed by atoms with E-state index in [0.717, 1.165) is 0 Å². The minimum Gasteiger partial charge on any atom is -0.486 e. The molecule has 0 spiro atoms. The Balaban J connectivity index is 1.29. The summed E-state index contributed by atoms with van der Waals surface area (Å²) in [6.07, 6.45) is 1.83. The average Bonchev–Trinajstić information content (AvgIpc) is 2.81. The molecule has 11 heteroatoms. The molecule has 1 aliphatic rings. The van der Waals surface area contributed by atoms with Crippen LogP contribution in [0.1, 0.15) is 25.7 Å². The number of benzene rings is 2. The van der Waals surface area contributed by atoms with E-state index in [2.05, 4.69) is 10.0 Å². The first-order chi connectivity index (χ1) is 15.8. The Labute approximate surface area is 197 Å². The highest BCUT2D eigenvalue weighted by molar-refractivity contribution is 7.89. The van der Waals surface area contributed by atoms with Crippen LogP contribution in [0.2, 0.25) is 5.02 Å². The van der Waals surface area contributed by atoms with Gasteiger partial charge in [-0.1, -0.05) is 18.0 Å². The Morgan fingerprint density at radius 1 is 0.970 bits per heavy atom. The van der Waals surface area contributed by atoms with E-state index >= 15 is 0 Å². The van der Waals surface area contributed by atoms with Crippen LogP contribution in [0.3, 0.4) is 0 Å². The first kappa shape index (κ1) is 24.8. The lowest BCUT2D eigenvalue weighted by atomic mass is 10.2. The number of anilines is 1. The van der Waals surface area contributed by atoms with Crippen LogP contribution >= 0.6 is 11.6 Å². The van der Waals surface area contributed by atoms with E-state index in [1.165, 1.54) is 12.1 Å². The Bertz CT molecular complexity index is 1070. The van der Waals surface area contributed by atoms with Crippen molar-refractivity contribution in [3.8, 4) is 11.5 Å². The molecule has 178 valence electrons. The molecule has 2 aromatic carbocycles. The summed E-state index contributed by atoms with van der Waals surface area (Å²) in [5.41, 5.74) is 0.555. The van der Waals surface area contributed by atoms with E-state index in [1.807, 2.05) is 0 Å². The molecule has 33 heavy (non-hydrogen) atoms. The molecule has 0 unspecified atom stereocenters. The van der Waals surface area contributed by atoms with Crippen molar-refractivity contribution < 1.29 is 32.2 Å². The van der Waals surface area contributed by atoms with E-state index in [0.29, 0.717) is 54.7 Å². The molecule has 0 bridgehead atoms. The number of fused-ring (bicyclic) bond motifs is 1. The number of unbranched alkanes of at least 4 members (excludes halogenated alkanes) is 2. The van der Waals surface area contributed by atoms with Gasteiger partial charge in [0.15, 0.2) is 18.1 Å². The Morgan fingerprint density at radius 2 is 1.70 bits per heavy atom. The number of halogens is 1. The largest absolute Gasteiger partial charge is 0.486 e. The summed E-state index contributed by atoms with van der Waals surface area (Å²) in [6, 6.07) is 11.0. The van der Waals surface area contributed by atoms with Crippen molar-refractivity contribution in [1.29, 1.82) is 0 Å². The van der Waals surface area contributed by atoms with Gasteiger partial charge in [0.1, 0.15) is 13.2 Å². The van der Waals surface area contributed by atoms with Gasteiger partial charge in [-0.3, -0.25) is 9.59 Å². The summed E-state index contributed by atoms with van der Waals surface area (Å²) < 4.78 is 43.2. The highest BCUT2D eigenvalue weighted by Gasteiger charge is 2.19. The topological polar surface area (TPSA) is 120 Å². The van der Waals surface area contributed by atoms with Crippen LogP contribution in [0.5, 0.6) is 11.5 Å². The number of hydrogen-bond donors (Lipinski definition) is 2. The Kier molecular flexibility index (Phi) is 8.93. The van der Waals surface area contributed by atoms with Gasteiger partial charge in [0.05, 0.1) is 4.90 Å². The molecule has 2 aromatic rings. The lowest BCUT2D eigenvalue weighted by Crippen LogP contribution is -2.25. The van der Waals surface area contributed by atoms with Crippen molar-refractivity contribution in [1.82, 2.24) is 4.72 Å². The first-order valence-electron chi connectivity index (χ1n) is 10.4. The van der Waals surface area contributed by atoms with Crippen molar-refractivity contribution in [3.63, 3.8) is 0 Å². The van der Waals surface area contributed by atoms with Crippen molar-refractivity contribution in [2.24, 2.45) is 0 Å². The standard InChI is InChI=1S/C22H25ClN2O7S/c23-16-5-7-17(8-6-16)25-21(26)15-32-22(27)4-2-1-3-11-24-33(28,29)18-9-10-19-20(14-18)31-13-12-30-19/h5-10,14,24H,1-4,11-13,15H2,(H,25,26).